The lowest BCUT2D eigenvalue weighted by Crippen LogP contribution is -2.39. The van der Waals surface area contributed by atoms with Crippen LogP contribution in [0.2, 0.25) is 0 Å². The van der Waals surface area contributed by atoms with Crippen LogP contribution in [0.4, 0.5) is 0 Å². The Morgan fingerprint density at radius 2 is 1.50 bits per heavy atom. The zero-order valence-corrected chi connectivity index (χ0v) is 12.6. The van der Waals surface area contributed by atoms with Gasteiger partial charge in [-0.25, -0.2) is 9.59 Å². The van der Waals surface area contributed by atoms with Gasteiger partial charge < -0.3 is 9.47 Å². The second kappa shape index (κ2) is 6.89. The van der Waals surface area contributed by atoms with E-state index in [-0.39, 0.29) is 6.61 Å². The van der Waals surface area contributed by atoms with E-state index in [1.54, 1.807) is 68.4 Å². The number of hydrogen-bond donors (Lipinski definition) is 0. The average Bonchev–Trinajstić information content (AvgIpc) is 2.56. The third-order valence-electron chi connectivity index (χ3n) is 3.30. The molecule has 0 saturated carbocycles. The Hall–Kier alpha value is -2.62. The summed E-state index contributed by atoms with van der Waals surface area (Å²) in [4.78, 5) is 24.6. The van der Waals surface area contributed by atoms with Gasteiger partial charge in [-0.1, -0.05) is 48.5 Å². The molecule has 0 spiro atoms. The molecule has 4 nitrogen and oxygen atoms in total. The van der Waals surface area contributed by atoms with Crippen LogP contribution in [0.5, 0.6) is 0 Å². The Balaban J connectivity index is 2.33. The Bertz CT molecular complexity index is 637. The molecule has 0 bridgehead atoms. The highest BCUT2D eigenvalue weighted by molar-refractivity contribution is 5.93. The molecule has 0 saturated heterocycles. The van der Waals surface area contributed by atoms with Crippen LogP contribution in [0.3, 0.4) is 0 Å². The summed E-state index contributed by atoms with van der Waals surface area (Å²) in [5, 5.41) is 0. The van der Waals surface area contributed by atoms with Gasteiger partial charge in [0, 0.05) is 5.56 Å². The Morgan fingerprint density at radius 1 is 0.955 bits per heavy atom. The van der Waals surface area contributed by atoms with Gasteiger partial charge in [-0.05, 0) is 26.0 Å². The summed E-state index contributed by atoms with van der Waals surface area (Å²) < 4.78 is 10.6. The summed E-state index contributed by atoms with van der Waals surface area (Å²) in [5.41, 5.74) is -0.531. The fourth-order valence-electron chi connectivity index (χ4n) is 2.06. The first-order valence-electron chi connectivity index (χ1n) is 7.09. The molecule has 0 N–H and O–H groups in total. The van der Waals surface area contributed by atoms with Crippen LogP contribution in [0, 0.1) is 0 Å². The van der Waals surface area contributed by atoms with Crippen molar-refractivity contribution in [3.05, 3.63) is 71.8 Å². The first-order chi connectivity index (χ1) is 10.6. The van der Waals surface area contributed by atoms with E-state index in [1.807, 2.05) is 6.07 Å². The van der Waals surface area contributed by atoms with Crippen LogP contribution in [-0.4, -0.2) is 18.5 Å². The van der Waals surface area contributed by atoms with Crippen molar-refractivity contribution in [3.63, 3.8) is 0 Å². The maximum Gasteiger partial charge on any atom is 0.355 e. The number of ether oxygens (including phenoxy) is 2. The number of carbonyl (C=O) groups excluding carboxylic acids is 2. The largest absolute Gasteiger partial charge is 0.463 e. The molecule has 0 aliphatic rings. The summed E-state index contributed by atoms with van der Waals surface area (Å²) in [6, 6.07) is 17.4. The lowest BCUT2D eigenvalue weighted by Gasteiger charge is -2.27. The minimum absolute atomic E-state index is 0.212. The van der Waals surface area contributed by atoms with Crippen molar-refractivity contribution >= 4 is 11.9 Å². The number of rotatable bonds is 5. The third kappa shape index (κ3) is 3.34. The molecule has 0 radical (unpaired) electrons. The van der Waals surface area contributed by atoms with Crippen molar-refractivity contribution in [2.45, 2.75) is 19.4 Å². The Morgan fingerprint density at radius 3 is 2.05 bits per heavy atom. The van der Waals surface area contributed by atoms with Crippen molar-refractivity contribution in [1.82, 2.24) is 0 Å². The predicted octanol–water partition coefficient (Wildman–Crippen LogP) is 3.32. The van der Waals surface area contributed by atoms with Crippen LogP contribution < -0.4 is 0 Å². The van der Waals surface area contributed by atoms with Crippen LogP contribution in [0.25, 0.3) is 0 Å². The lowest BCUT2D eigenvalue weighted by molar-refractivity contribution is -0.165. The van der Waals surface area contributed by atoms with E-state index in [0.29, 0.717) is 11.1 Å². The maximum atomic E-state index is 12.3. The predicted molar refractivity (Wildman–Crippen MR) is 82.3 cm³/mol. The quantitative estimate of drug-likeness (QED) is 0.795. The zero-order valence-electron chi connectivity index (χ0n) is 12.6. The van der Waals surface area contributed by atoms with E-state index < -0.39 is 17.5 Å². The molecule has 0 aromatic heterocycles. The van der Waals surface area contributed by atoms with E-state index in [1.165, 1.54) is 0 Å². The van der Waals surface area contributed by atoms with Crippen LogP contribution >= 0.6 is 0 Å². The molecule has 1 unspecified atom stereocenters. The highest BCUT2D eigenvalue weighted by Crippen LogP contribution is 2.28. The van der Waals surface area contributed by atoms with Gasteiger partial charge in [0.05, 0.1) is 12.2 Å². The van der Waals surface area contributed by atoms with E-state index in [2.05, 4.69) is 0 Å². The van der Waals surface area contributed by atoms with Crippen LogP contribution in [-0.2, 0) is 19.9 Å². The summed E-state index contributed by atoms with van der Waals surface area (Å²) in [7, 11) is 0. The van der Waals surface area contributed by atoms with Crippen molar-refractivity contribution in [2.24, 2.45) is 0 Å². The standard InChI is InChI=1S/C18H18O4/c1-3-21-17(20)18(2,15-12-8-5-9-13-15)22-16(19)14-10-6-4-7-11-14/h4-13H,3H2,1-2H3. The van der Waals surface area contributed by atoms with Gasteiger partial charge >= 0.3 is 11.9 Å². The van der Waals surface area contributed by atoms with Gasteiger partial charge in [0.2, 0.25) is 5.60 Å². The molecule has 2 aromatic rings. The highest BCUT2D eigenvalue weighted by Gasteiger charge is 2.41. The van der Waals surface area contributed by atoms with Gasteiger partial charge in [0.1, 0.15) is 0 Å². The molecule has 0 fully saturated rings. The smallest absolute Gasteiger partial charge is 0.355 e. The van der Waals surface area contributed by atoms with Crippen LogP contribution in [0.1, 0.15) is 29.8 Å². The first kappa shape index (κ1) is 15.8. The number of esters is 2. The first-order valence-corrected chi connectivity index (χ1v) is 7.09. The maximum absolute atomic E-state index is 12.3. The molecule has 4 heteroatoms. The second-order valence-corrected chi connectivity index (χ2v) is 4.88. The molecule has 1 atom stereocenters. The van der Waals surface area contributed by atoms with E-state index in [9.17, 15) is 9.59 Å². The minimum atomic E-state index is -1.48. The van der Waals surface area contributed by atoms with Crippen molar-refractivity contribution in [3.8, 4) is 0 Å². The molecule has 2 rings (SSSR count). The second-order valence-electron chi connectivity index (χ2n) is 4.88. The van der Waals surface area contributed by atoms with Gasteiger partial charge in [-0.3, -0.25) is 0 Å². The molecule has 0 amide bonds. The summed E-state index contributed by atoms with van der Waals surface area (Å²) in [5.74, 6) is -1.16. The molecule has 22 heavy (non-hydrogen) atoms. The van der Waals surface area contributed by atoms with Gasteiger partial charge in [0.15, 0.2) is 0 Å². The summed E-state index contributed by atoms with van der Waals surface area (Å²) in [6.45, 7) is 3.47. The fraction of sp³-hybridized carbons (Fsp3) is 0.222. The lowest BCUT2D eigenvalue weighted by atomic mass is 9.95. The van der Waals surface area contributed by atoms with Gasteiger partial charge in [0.25, 0.3) is 0 Å². The normalized spacial score (nSPS) is 13.0. The Labute approximate surface area is 129 Å². The fourth-order valence-corrected chi connectivity index (χ4v) is 2.06. The molecule has 0 heterocycles. The van der Waals surface area contributed by atoms with E-state index >= 15 is 0 Å². The topological polar surface area (TPSA) is 52.6 Å². The molecule has 114 valence electrons. The molecule has 0 aliphatic heterocycles. The van der Waals surface area contributed by atoms with E-state index in [0.717, 1.165) is 0 Å². The SMILES string of the molecule is CCOC(=O)C(C)(OC(=O)c1ccccc1)c1ccccc1. The molecular formula is C18H18O4. The number of benzene rings is 2. The number of hydrogen-bond acceptors (Lipinski definition) is 4. The summed E-state index contributed by atoms with van der Waals surface area (Å²) >= 11 is 0. The van der Waals surface area contributed by atoms with Crippen LogP contribution in [0.15, 0.2) is 60.7 Å². The highest BCUT2D eigenvalue weighted by atomic mass is 16.6. The van der Waals surface area contributed by atoms with Crippen molar-refractivity contribution in [2.75, 3.05) is 6.61 Å². The molecule has 0 aliphatic carbocycles. The third-order valence-corrected chi connectivity index (χ3v) is 3.30. The van der Waals surface area contributed by atoms with E-state index in [4.69, 9.17) is 9.47 Å². The summed E-state index contributed by atoms with van der Waals surface area (Å²) in [6.07, 6.45) is 0. The molecular weight excluding hydrogens is 280 g/mol. The zero-order chi connectivity index (χ0) is 16.0. The van der Waals surface area contributed by atoms with Gasteiger partial charge in [-0.2, -0.15) is 0 Å². The van der Waals surface area contributed by atoms with Crippen molar-refractivity contribution < 1.29 is 19.1 Å². The average molecular weight is 298 g/mol. The Kier molecular flexibility index (Phi) is 4.94. The molecule has 2 aromatic carbocycles. The van der Waals surface area contributed by atoms with Crippen molar-refractivity contribution in [1.29, 1.82) is 0 Å². The van der Waals surface area contributed by atoms with Gasteiger partial charge in [-0.15, -0.1) is 0 Å². The number of carbonyl (C=O) groups is 2. The minimum Gasteiger partial charge on any atom is -0.463 e. The monoisotopic (exact) mass is 298 g/mol.